The number of methoxy groups -OCH3 is 1. The maximum Gasteiger partial charge on any atom is 0.416 e. The lowest BCUT2D eigenvalue weighted by Gasteiger charge is -2.32. The molecule has 0 bridgehead atoms. The molecule has 2 aromatic rings. The second kappa shape index (κ2) is 10.1. The van der Waals surface area contributed by atoms with Crippen LogP contribution in [0.3, 0.4) is 0 Å². The summed E-state index contributed by atoms with van der Waals surface area (Å²) in [6.07, 6.45) is -1.15. The molecule has 37 heavy (non-hydrogen) atoms. The number of anilines is 1. The number of likely N-dealkylation sites (tertiary alicyclic amines) is 1. The highest BCUT2D eigenvalue weighted by molar-refractivity contribution is 5.84. The molecule has 0 spiro atoms. The first-order valence-electron chi connectivity index (χ1n) is 12.9. The van der Waals surface area contributed by atoms with Crippen LogP contribution in [-0.4, -0.2) is 53.2 Å². The van der Waals surface area contributed by atoms with E-state index in [4.69, 9.17) is 9.47 Å². The van der Waals surface area contributed by atoms with E-state index in [9.17, 15) is 18.0 Å². The second-order valence-electron chi connectivity index (χ2n) is 10.3. The molecule has 5 atom stereocenters. The van der Waals surface area contributed by atoms with Crippen LogP contribution < -0.4 is 10.1 Å². The lowest BCUT2D eigenvalue weighted by molar-refractivity contribution is -0.138. The Morgan fingerprint density at radius 2 is 1.97 bits per heavy atom. The van der Waals surface area contributed by atoms with Crippen molar-refractivity contribution in [3.8, 4) is 5.88 Å². The molecule has 3 aliphatic rings. The number of carbonyl (C=O) groups excluding carboxylic acids is 1. The Hall–Kier alpha value is -2.88. The van der Waals surface area contributed by atoms with E-state index in [2.05, 4.69) is 22.2 Å². The van der Waals surface area contributed by atoms with Gasteiger partial charge in [0.05, 0.1) is 43.7 Å². The number of rotatable bonds is 8. The molecular weight excluding hydrogens is 485 g/mol. The molecule has 4 heterocycles. The van der Waals surface area contributed by atoms with Gasteiger partial charge in [-0.15, -0.1) is 0 Å². The molecule has 1 aliphatic carbocycles. The largest absolute Gasteiger partial charge is 0.481 e. The number of halogens is 3. The Labute approximate surface area is 214 Å². The molecule has 2 saturated heterocycles. The SMILES string of the molecule is CCCCC1CC(Nc2cc(C(F)(F)F)cc(C)n2)C(c2cccc(OC)n2)N1C(=O)C1C2COCC21. The van der Waals surface area contributed by atoms with E-state index >= 15 is 0 Å². The van der Waals surface area contributed by atoms with Crippen LogP contribution in [0.15, 0.2) is 30.3 Å². The fourth-order valence-corrected chi connectivity index (χ4v) is 6.04. The summed E-state index contributed by atoms with van der Waals surface area (Å²) in [5.41, 5.74) is 0.167. The van der Waals surface area contributed by atoms with Gasteiger partial charge in [0.2, 0.25) is 11.8 Å². The number of hydrogen-bond acceptors (Lipinski definition) is 6. The van der Waals surface area contributed by atoms with Crippen molar-refractivity contribution in [2.75, 3.05) is 25.6 Å². The first-order valence-corrected chi connectivity index (χ1v) is 12.9. The number of hydrogen-bond donors (Lipinski definition) is 1. The Kier molecular flexibility index (Phi) is 7.04. The van der Waals surface area contributed by atoms with Crippen LogP contribution >= 0.6 is 0 Å². The zero-order valence-corrected chi connectivity index (χ0v) is 21.3. The Bertz CT molecular complexity index is 1130. The van der Waals surface area contributed by atoms with Crippen LogP contribution in [0, 0.1) is 24.7 Å². The van der Waals surface area contributed by atoms with Gasteiger partial charge in [-0.1, -0.05) is 25.8 Å². The maximum atomic E-state index is 14.0. The number of aromatic nitrogens is 2. The molecule has 5 unspecified atom stereocenters. The van der Waals surface area contributed by atoms with Crippen LogP contribution in [0.25, 0.3) is 0 Å². The van der Waals surface area contributed by atoms with Crippen molar-refractivity contribution in [1.82, 2.24) is 14.9 Å². The molecule has 1 N–H and O–H groups in total. The number of nitrogens with one attached hydrogen (secondary N) is 1. The van der Waals surface area contributed by atoms with Crippen LogP contribution in [-0.2, 0) is 15.7 Å². The summed E-state index contributed by atoms with van der Waals surface area (Å²) in [4.78, 5) is 25.0. The van der Waals surface area contributed by atoms with Gasteiger partial charge >= 0.3 is 6.18 Å². The molecule has 7 nitrogen and oxygen atoms in total. The number of alkyl halides is 3. The number of amides is 1. The van der Waals surface area contributed by atoms with Gasteiger partial charge in [-0.05, 0) is 49.8 Å². The van der Waals surface area contributed by atoms with Crippen molar-refractivity contribution < 1.29 is 27.4 Å². The number of ether oxygens (including phenoxy) is 2. The maximum absolute atomic E-state index is 14.0. The number of aryl methyl sites for hydroxylation is 1. The summed E-state index contributed by atoms with van der Waals surface area (Å²) in [6, 6.07) is 6.60. The summed E-state index contributed by atoms with van der Waals surface area (Å²) >= 11 is 0. The second-order valence-corrected chi connectivity index (χ2v) is 10.3. The minimum Gasteiger partial charge on any atom is -0.481 e. The summed E-state index contributed by atoms with van der Waals surface area (Å²) < 4.78 is 51.4. The lowest BCUT2D eigenvalue weighted by atomic mass is 10.0. The fourth-order valence-electron chi connectivity index (χ4n) is 6.04. The van der Waals surface area contributed by atoms with Crippen LogP contribution in [0.2, 0.25) is 0 Å². The third kappa shape index (κ3) is 5.12. The van der Waals surface area contributed by atoms with Gasteiger partial charge in [0, 0.05) is 23.7 Å². The number of nitrogens with zero attached hydrogens (tertiary/aromatic N) is 3. The van der Waals surface area contributed by atoms with Crippen molar-refractivity contribution in [2.45, 2.75) is 63.8 Å². The van der Waals surface area contributed by atoms with Crippen molar-refractivity contribution in [1.29, 1.82) is 0 Å². The number of pyridine rings is 2. The zero-order chi connectivity index (χ0) is 26.3. The van der Waals surface area contributed by atoms with Gasteiger partial charge in [-0.3, -0.25) is 4.79 Å². The first kappa shape index (κ1) is 25.8. The molecule has 200 valence electrons. The van der Waals surface area contributed by atoms with Gasteiger partial charge in [-0.2, -0.15) is 13.2 Å². The van der Waals surface area contributed by atoms with E-state index in [1.54, 1.807) is 13.0 Å². The average molecular weight is 519 g/mol. The van der Waals surface area contributed by atoms with E-state index in [-0.39, 0.29) is 47.3 Å². The topological polar surface area (TPSA) is 76.6 Å². The molecular formula is C27H33F3N4O3. The van der Waals surface area contributed by atoms with Crippen molar-refractivity contribution in [3.05, 3.63) is 47.3 Å². The standard InChI is InChI=1S/C27H33F3N4O3/c1-4-5-7-17-12-21(32-22-11-16(27(28,29)30)10-15(2)31-22)25(20-8-6-9-23(33-20)36-3)34(17)26(35)24-18-13-37-14-19(18)24/h6,8-11,17-19,21,24-25H,4-5,7,12-14H2,1-3H3,(H,31,32). The molecule has 2 aromatic heterocycles. The van der Waals surface area contributed by atoms with Crippen molar-refractivity contribution in [3.63, 3.8) is 0 Å². The molecule has 3 fully saturated rings. The van der Waals surface area contributed by atoms with Crippen molar-refractivity contribution in [2.24, 2.45) is 17.8 Å². The third-order valence-corrected chi connectivity index (χ3v) is 7.85. The molecule has 5 rings (SSSR count). The summed E-state index contributed by atoms with van der Waals surface area (Å²) in [5, 5.41) is 3.27. The van der Waals surface area contributed by atoms with E-state index in [1.807, 2.05) is 17.0 Å². The van der Waals surface area contributed by atoms with Gasteiger partial charge in [0.1, 0.15) is 5.82 Å². The molecule has 1 amide bonds. The summed E-state index contributed by atoms with van der Waals surface area (Å²) in [6.45, 7) is 4.86. The average Bonchev–Trinajstić information content (AvgIpc) is 3.17. The molecule has 0 aromatic carbocycles. The minimum absolute atomic E-state index is 0.0582. The smallest absolute Gasteiger partial charge is 0.416 e. The van der Waals surface area contributed by atoms with E-state index in [0.29, 0.717) is 31.2 Å². The minimum atomic E-state index is -4.48. The molecule has 1 saturated carbocycles. The van der Waals surface area contributed by atoms with E-state index in [1.165, 1.54) is 7.11 Å². The van der Waals surface area contributed by atoms with E-state index < -0.39 is 17.8 Å². The van der Waals surface area contributed by atoms with Crippen molar-refractivity contribution >= 4 is 11.7 Å². The molecule has 2 aliphatic heterocycles. The normalized spacial score (nSPS) is 28.8. The number of unbranched alkanes of at least 4 members (excludes halogenated alkanes) is 1. The lowest BCUT2D eigenvalue weighted by Crippen LogP contribution is -2.41. The summed E-state index contributed by atoms with van der Waals surface area (Å²) in [5.74, 6) is 1.08. The van der Waals surface area contributed by atoms with Crippen LogP contribution in [0.5, 0.6) is 5.88 Å². The molecule has 0 radical (unpaired) electrons. The van der Waals surface area contributed by atoms with Crippen LogP contribution in [0.1, 0.15) is 55.6 Å². The van der Waals surface area contributed by atoms with E-state index in [0.717, 1.165) is 31.4 Å². The third-order valence-electron chi connectivity index (χ3n) is 7.85. The highest BCUT2D eigenvalue weighted by Crippen LogP contribution is 2.54. The highest BCUT2D eigenvalue weighted by atomic mass is 19.4. The monoisotopic (exact) mass is 518 g/mol. The van der Waals surface area contributed by atoms with Gasteiger partial charge in [-0.25, -0.2) is 9.97 Å². The predicted octanol–water partition coefficient (Wildman–Crippen LogP) is 5.02. The summed E-state index contributed by atoms with van der Waals surface area (Å²) in [7, 11) is 1.53. The zero-order valence-electron chi connectivity index (χ0n) is 21.3. The Balaban J connectivity index is 1.52. The number of carbonyl (C=O) groups is 1. The fraction of sp³-hybridized carbons (Fsp3) is 0.593. The predicted molar refractivity (Wildman–Crippen MR) is 131 cm³/mol. The Morgan fingerprint density at radius 1 is 1.22 bits per heavy atom. The van der Waals surface area contributed by atoms with Crippen LogP contribution in [0.4, 0.5) is 19.0 Å². The quantitative estimate of drug-likeness (QED) is 0.529. The molecule has 10 heteroatoms. The Morgan fingerprint density at radius 3 is 2.65 bits per heavy atom. The first-order chi connectivity index (χ1) is 17.7. The number of fused-ring (bicyclic) bond motifs is 1. The van der Waals surface area contributed by atoms with Gasteiger partial charge in [0.15, 0.2) is 0 Å². The van der Waals surface area contributed by atoms with Gasteiger partial charge < -0.3 is 19.7 Å². The van der Waals surface area contributed by atoms with Gasteiger partial charge in [0.25, 0.3) is 0 Å². The highest BCUT2D eigenvalue weighted by Gasteiger charge is 2.61.